The Labute approximate surface area is 198 Å². The summed E-state index contributed by atoms with van der Waals surface area (Å²) in [5.41, 5.74) is 2.15. The number of amides is 1. The van der Waals surface area contributed by atoms with E-state index in [1.165, 1.54) is 25.9 Å². The van der Waals surface area contributed by atoms with Crippen LogP contribution in [-0.2, 0) is 11.3 Å². The number of likely N-dealkylation sites (tertiary alicyclic amines) is 1. The smallest absolute Gasteiger partial charge is 0.227 e. The SMILES string of the molecule is CCNC(=NCc1ccc(N2CCCC2=O)cc1)NCCCN1CCC(C)CC1.I. The van der Waals surface area contributed by atoms with Crippen LogP contribution in [0, 0.1) is 5.92 Å². The van der Waals surface area contributed by atoms with E-state index in [-0.39, 0.29) is 29.9 Å². The largest absolute Gasteiger partial charge is 0.357 e. The van der Waals surface area contributed by atoms with E-state index < -0.39 is 0 Å². The highest BCUT2D eigenvalue weighted by atomic mass is 127. The number of piperidine rings is 1. The van der Waals surface area contributed by atoms with Crippen LogP contribution in [0.4, 0.5) is 5.69 Å². The van der Waals surface area contributed by atoms with Crippen LogP contribution in [0.3, 0.4) is 0 Å². The predicted molar refractivity (Wildman–Crippen MR) is 136 cm³/mol. The number of guanidine groups is 1. The molecule has 0 saturated carbocycles. The maximum absolute atomic E-state index is 11.9. The standard InChI is InChI=1S/C23H37N5O.HI/c1-3-24-23(25-13-5-14-27-16-11-19(2)12-17-27)26-18-20-7-9-21(10-8-20)28-15-4-6-22(28)29;/h7-10,19H,3-6,11-18H2,1-2H3,(H2,24,25,26);1H. The normalized spacial score (nSPS) is 18.4. The van der Waals surface area contributed by atoms with Gasteiger partial charge in [-0.2, -0.15) is 0 Å². The summed E-state index contributed by atoms with van der Waals surface area (Å²) in [5, 5.41) is 6.79. The Hall–Kier alpha value is -1.35. The summed E-state index contributed by atoms with van der Waals surface area (Å²) in [6.45, 7) is 11.4. The molecule has 3 rings (SSSR count). The maximum Gasteiger partial charge on any atom is 0.227 e. The average molecular weight is 527 g/mol. The van der Waals surface area contributed by atoms with Gasteiger partial charge >= 0.3 is 0 Å². The predicted octanol–water partition coefficient (Wildman–Crippen LogP) is 3.61. The number of hydrogen-bond acceptors (Lipinski definition) is 3. The molecule has 6 nitrogen and oxygen atoms in total. The van der Waals surface area contributed by atoms with Gasteiger partial charge in [0.25, 0.3) is 0 Å². The lowest BCUT2D eigenvalue weighted by atomic mass is 9.99. The van der Waals surface area contributed by atoms with Crippen molar-refractivity contribution in [2.75, 3.05) is 44.2 Å². The first kappa shape index (κ1) is 24.9. The van der Waals surface area contributed by atoms with Crippen molar-refractivity contribution in [1.82, 2.24) is 15.5 Å². The van der Waals surface area contributed by atoms with Gasteiger partial charge in [-0.05, 0) is 75.9 Å². The van der Waals surface area contributed by atoms with E-state index in [9.17, 15) is 4.79 Å². The molecule has 0 aromatic heterocycles. The third-order valence-electron chi connectivity index (χ3n) is 5.91. The van der Waals surface area contributed by atoms with Gasteiger partial charge in [0.1, 0.15) is 0 Å². The van der Waals surface area contributed by atoms with Crippen molar-refractivity contribution in [1.29, 1.82) is 0 Å². The van der Waals surface area contributed by atoms with Crippen molar-refractivity contribution in [3.63, 3.8) is 0 Å². The fraction of sp³-hybridized carbons (Fsp3) is 0.652. The van der Waals surface area contributed by atoms with Crippen LogP contribution in [0.15, 0.2) is 29.3 Å². The average Bonchev–Trinajstić information content (AvgIpc) is 3.17. The number of carbonyl (C=O) groups is 1. The topological polar surface area (TPSA) is 60.0 Å². The Morgan fingerprint density at radius 2 is 1.87 bits per heavy atom. The Bertz CT molecular complexity index is 671. The second-order valence-corrected chi connectivity index (χ2v) is 8.32. The van der Waals surface area contributed by atoms with E-state index in [2.05, 4.69) is 41.5 Å². The van der Waals surface area contributed by atoms with Gasteiger partial charge in [0, 0.05) is 31.7 Å². The van der Waals surface area contributed by atoms with Crippen LogP contribution < -0.4 is 15.5 Å². The molecule has 2 aliphatic heterocycles. The zero-order chi connectivity index (χ0) is 20.5. The molecule has 1 aromatic carbocycles. The van der Waals surface area contributed by atoms with Crippen molar-refractivity contribution in [2.24, 2.45) is 10.9 Å². The van der Waals surface area contributed by atoms with Crippen LogP contribution in [0.5, 0.6) is 0 Å². The van der Waals surface area contributed by atoms with Crippen LogP contribution in [0.1, 0.15) is 51.5 Å². The molecule has 168 valence electrons. The zero-order valence-corrected chi connectivity index (χ0v) is 20.9. The fourth-order valence-electron chi connectivity index (χ4n) is 4.01. The van der Waals surface area contributed by atoms with Crippen molar-refractivity contribution >= 4 is 41.5 Å². The summed E-state index contributed by atoms with van der Waals surface area (Å²) in [5.74, 6) is 1.99. The molecule has 2 saturated heterocycles. The Morgan fingerprint density at radius 3 is 2.50 bits per heavy atom. The van der Waals surface area contributed by atoms with E-state index in [1.807, 2.05) is 17.0 Å². The minimum atomic E-state index is 0. The molecule has 0 unspecified atom stereocenters. The highest BCUT2D eigenvalue weighted by Gasteiger charge is 2.21. The number of nitrogens with one attached hydrogen (secondary N) is 2. The second-order valence-electron chi connectivity index (χ2n) is 8.32. The third kappa shape index (κ3) is 7.72. The molecule has 2 heterocycles. The van der Waals surface area contributed by atoms with Gasteiger partial charge < -0.3 is 20.4 Å². The molecule has 30 heavy (non-hydrogen) atoms. The molecule has 0 atom stereocenters. The molecule has 2 aliphatic rings. The van der Waals surface area contributed by atoms with E-state index in [1.54, 1.807) is 0 Å². The molecular formula is C23H38IN5O. The van der Waals surface area contributed by atoms with Gasteiger partial charge in [0.2, 0.25) is 5.91 Å². The second kappa shape index (κ2) is 13.1. The maximum atomic E-state index is 11.9. The highest BCUT2D eigenvalue weighted by molar-refractivity contribution is 14.0. The van der Waals surface area contributed by atoms with E-state index in [4.69, 9.17) is 4.99 Å². The summed E-state index contributed by atoms with van der Waals surface area (Å²) < 4.78 is 0. The number of halogens is 1. The summed E-state index contributed by atoms with van der Waals surface area (Å²) in [4.78, 5) is 21.1. The summed E-state index contributed by atoms with van der Waals surface area (Å²) >= 11 is 0. The zero-order valence-electron chi connectivity index (χ0n) is 18.5. The number of anilines is 1. The first-order valence-corrected chi connectivity index (χ1v) is 11.3. The monoisotopic (exact) mass is 527 g/mol. The van der Waals surface area contributed by atoms with Crippen molar-refractivity contribution < 1.29 is 4.79 Å². The van der Waals surface area contributed by atoms with Crippen molar-refractivity contribution in [2.45, 2.75) is 52.5 Å². The molecule has 0 spiro atoms. The fourth-order valence-corrected chi connectivity index (χ4v) is 4.01. The molecule has 0 aliphatic carbocycles. The molecule has 2 N–H and O–H groups in total. The molecule has 0 bridgehead atoms. The first-order chi connectivity index (χ1) is 14.2. The van der Waals surface area contributed by atoms with E-state index >= 15 is 0 Å². The minimum absolute atomic E-state index is 0. The lowest BCUT2D eigenvalue weighted by Gasteiger charge is -2.30. The van der Waals surface area contributed by atoms with Crippen LogP contribution >= 0.6 is 24.0 Å². The Balaban J connectivity index is 0.00000320. The number of rotatable bonds is 8. The quantitative estimate of drug-likeness (QED) is 0.235. The lowest BCUT2D eigenvalue weighted by molar-refractivity contribution is -0.117. The van der Waals surface area contributed by atoms with Crippen molar-refractivity contribution in [3.8, 4) is 0 Å². The molecule has 1 aromatic rings. The molecule has 7 heteroatoms. The van der Waals surface area contributed by atoms with Crippen LogP contribution in [0.25, 0.3) is 0 Å². The summed E-state index contributed by atoms with van der Waals surface area (Å²) in [6, 6.07) is 8.22. The summed E-state index contributed by atoms with van der Waals surface area (Å²) in [6.07, 6.45) is 5.43. The number of hydrogen-bond donors (Lipinski definition) is 2. The molecule has 0 radical (unpaired) electrons. The first-order valence-electron chi connectivity index (χ1n) is 11.3. The third-order valence-corrected chi connectivity index (χ3v) is 5.91. The van der Waals surface area contributed by atoms with E-state index in [0.29, 0.717) is 13.0 Å². The van der Waals surface area contributed by atoms with Gasteiger partial charge in [0.15, 0.2) is 5.96 Å². The Morgan fingerprint density at radius 1 is 1.13 bits per heavy atom. The van der Waals surface area contributed by atoms with E-state index in [0.717, 1.165) is 62.1 Å². The van der Waals surface area contributed by atoms with Gasteiger partial charge in [0.05, 0.1) is 6.54 Å². The number of carbonyl (C=O) groups excluding carboxylic acids is 1. The number of benzene rings is 1. The Kier molecular flexibility index (Phi) is 10.9. The molecule has 2 fully saturated rings. The number of aliphatic imine (C=N–C) groups is 1. The van der Waals surface area contributed by atoms with Crippen molar-refractivity contribution in [3.05, 3.63) is 29.8 Å². The van der Waals surface area contributed by atoms with Crippen LogP contribution in [0.2, 0.25) is 0 Å². The lowest BCUT2D eigenvalue weighted by Crippen LogP contribution is -2.39. The highest BCUT2D eigenvalue weighted by Crippen LogP contribution is 2.21. The van der Waals surface area contributed by atoms with Gasteiger partial charge in [-0.15, -0.1) is 24.0 Å². The van der Waals surface area contributed by atoms with Gasteiger partial charge in [-0.1, -0.05) is 19.1 Å². The minimum Gasteiger partial charge on any atom is -0.357 e. The molecule has 1 amide bonds. The summed E-state index contributed by atoms with van der Waals surface area (Å²) in [7, 11) is 0. The van der Waals surface area contributed by atoms with Gasteiger partial charge in [-0.25, -0.2) is 4.99 Å². The van der Waals surface area contributed by atoms with Crippen LogP contribution in [-0.4, -0.2) is 56.0 Å². The number of nitrogens with zero attached hydrogens (tertiary/aromatic N) is 3. The molecular weight excluding hydrogens is 489 g/mol. The van der Waals surface area contributed by atoms with Gasteiger partial charge in [-0.3, -0.25) is 4.79 Å².